The van der Waals surface area contributed by atoms with Gasteiger partial charge in [0.25, 0.3) is 6.43 Å². The summed E-state index contributed by atoms with van der Waals surface area (Å²) in [5.74, 6) is 0. The number of nitrogens with two attached hydrogens (primary N) is 1. The van der Waals surface area contributed by atoms with Crippen LogP contribution in [0, 0.1) is 10.5 Å². The van der Waals surface area contributed by atoms with Gasteiger partial charge in [-0.1, -0.05) is 0 Å². The summed E-state index contributed by atoms with van der Waals surface area (Å²) in [6, 6.07) is 1.36. The molecule has 5 heteroatoms. The van der Waals surface area contributed by atoms with Crippen molar-refractivity contribution in [3.63, 3.8) is 0 Å². The molecule has 2 nitrogen and oxygen atoms in total. The Hall–Kier alpha value is -0.300. The van der Waals surface area contributed by atoms with Crippen LogP contribution >= 0.6 is 22.6 Å². The van der Waals surface area contributed by atoms with Crippen molar-refractivity contribution in [2.75, 3.05) is 0 Å². The summed E-state index contributed by atoms with van der Waals surface area (Å²) in [6.07, 6.45) is -2.46. The van der Waals surface area contributed by atoms with Gasteiger partial charge >= 0.3 is 0 Å². The topological polar surface area (TPSA) is 38.9 Å². The van der Waals surface area contributed by atoms with Crippen molar-refractivity contribution < 1.29 is 8.78 Å². The van der Waals surface area contributed by atoms with E-state index in [0.717, 1.165) is 0 Å². The molecule has 2 N–H and O–H groups in total. The standard InChI is InChI=1S/C8H9F2IN2/c1-4-7(11)6(8(9)10)2-5(3-12)13-4/h2,8H,3,12H2,1H3. The predicted molar refractivity (Wildman–Crippen MR) is 54.5 cm³/mol. The number of halogens is 3. The molecule has 0 radical (unpaired) electrons. The second-order valence-corrected chi connectivity index (χ2v) is 3.69. The molecule has 0 saturated carbocycles. The van der Waals surface area contributed by atoms with Gasteiger partial charge in [0.05, 0.1) is 11.4 Å². The van der Waals surface area contributed by atoms with Gasteiger partial charge in [-0.2, -0.15) is 0 Å². The second kappa shape index (κ2) is 4.28. The Labute approximate surface area is 88.7 Å². The van der Waals surface area contributed by atoms with E-state index >= 15 is 0 Å². The normalized spacial score (nSPS) is 10.9. The highest BCUT2D eigenvalue weighted by Crippen LogP contribution is 2.26. The van der Waals surface area contributed by atoms with E-state index in [-0.39, 0.29) is 12.1 Å². The van der Waals surface area contributed by atoms with Crippen LogP contribution in [-0.4, -0.2) is 4.98 Å². The molecule has 1 aromatic heterocycles. The summed E-state index contributed by atoms with van der Waals surface area (Å²) < 4.78 is 25.4. The van der Waals surface area contributed by atoms with Crippen molar-refractivity contribution in [2.24, 2.45) is 5.73 Å². The largest absolute Gasteiger partial charge is 0.325 e. The molecule has 0 aromatic carbocycles. The average molecular weight is 298 g/mol. The number of hydrogen-bond donors (Lipinski definition) is 1. The minimum Gasteiger partial charge on any atom is -0.325 e. The molecule has 0 fully saturated rings. The van der Waals surface area contributed by atoms with Gasteiger partial charge in [-0.05, 0) is 35.6 Å². The fourth-order valence-electron chi connectivity index (χ4n) is 1.01. The van der Waals surface area contributed by atoms with Crippen molar-refractivity contribution in [3.8, 4) is 0 Å². The highest BCUT2D eigenvalue weighted by atomic mass is 127. The molecule has 1 aromatic rings. The monoisotopic (exact) mass is 298 g/mol. The first-order valence-corrected chi connectivity index (χ1v) is 4.78. The zero-order valence-electron chi connectivity index (χ0n) is 7.02. The zero-order valence-corrected chi connectivity index (χ0v) is 9.18. The van der Waals surface area contributed by atoms with Gasteiger partial charge in [0.1, 0.15) is 0 Å². The van der Waals surface area contributed by atoms with Crippen molar-refractivity contribution in [1.29, 1.82) is 0 Å². The number of pyridine rings is 1. The lowest BCUT2D eigenvalue weighted by molar-refractivity contribution is 0.150. The maximum Gasteiger partial charge on any atom is 0.265 e. The van der Waals surface area contributed by atoms with Gasteiger partial charge in [0.15, 0.2) is 0 Å². The maximum absolute atomic E-state index is 12.5. The third-order valence-corrected chi connectivity index (χ3v) is 3.05. The lowest BCUT2D eigenvalue weighted by Gasteiger charge is -2.07. The molecule has 0 saturated heterocycles. The molecule has 0 spiro atoms. The van der Waals surface area contributed by atoms with Crippen LogP contribution < -0.4 is 5.73 Å². The summed E-state index contributed by atoms with van der Waals surface area (Å²) in [7, 11) is 0. The number of aryl methyl sites for hydroxylation is 1. The molecule has 0 aliphatic carbocycles. The molecule has 13 heavy (non-hydrogen) atoms. The van der Waals surface area contributed by atoms with Gasteiger partial charge in [0, 0.05) is 15.7 Å². The minimum absolute atomic E-state index is 0.0218. The van der Waals surface area contributed by atoms with Crippen LogP contribution in [0.1, 0.15) is 23.4 Å². The summed E-state index contributed by atoms with van der Waals surface area (Å²) in [5, 5.41) is 0. The molecule has 0 bridgehead atoms. The smallest absolute Gasteiger partial charge is 0.265 e. The molecule has 1 rings (SSSR count). The fraction of sp³-hybridized carbons (Fsp3) is 0.375. The number of rotatable bonds is 2. The zero-order chi connectivity index (χ0) is 10.0. The molecule has 0 aliphatic heterocycles. The minimum atomic E-state index is -2.46. The van der Waals surface area contributed by atoms with E-state index in [1.807, 2.05) is 22.6 Å². The summed E-state index contributed by atoms with van der Waals surface area (Å²) >= 11 is 1.87. The SMILES string of the molecule is Cc1nc(CN)cc(C(F)F)c1I. The van der Waals surface area contributed by atoms with Gasteiger partial charge < -0.3 is 5.73 Å². The molecule has 72 valence electrons. The van der Waals surface area contributed by atoms with E-state index < -0.39 is 6.43 Å². The van der Waals surface area contributed by atoms with Crippen LogP contribution in [0.15, 0.2) is 6.07 Å². The summed E-state index contributed by atoms with van der Waals surface area (Å²) in [6.45, 7) is 1.89. The Bertz CT molecular complexity index is 315. The van der Waals surface area contributed by atoms with Gasteiger partial charge in [-0.25, -0.2) is 8.78 Å². The third-order valence-electron chi connectivity index (χ3n) is 1.65. The maximum atomic E-state index is 12.5. The Balaban J connectivity index is 3.25. The molecule has 0 amide bonds. The Morgan fingerprint density at radius 2 is 2.23 bits per heavy atom. The summed E-state index contributed by atoms with van der Waals surface area (Å²) in [5.41, 5.74) is 6.47. The number of hydrogen-bond acceptors (Lipinski definition) is 2. The van der Waals surface area contributed by atoms with E-state index in [9.17, 15) is 8.78 Å². The molecular weight excluding hydrogens is 289 g/mol. The quantitative estimate of drug-likeness (QED) is 0.852. The highest BCUT2D eigenvalue weighted by molar-refractivity contribution is 14.1. The van der Waals surface area contributed by atoms with E-state index in [1.165, 1.54) is 6.07 Å². The van der Waals surface area contributed by atoms with Crippen LogP contribution in [0.5, 0.6) is 0 Å². The van der Waals surface area contributed by atoms with Gasteiger partial charge in [-0.3, -0.25) is 4.98 Å². The highest BCUT2D eigenvalue weighted by Gasteiger charge is 2.14. The summed E-state index contributed by atoms with van der Waals surface area (Å²) in [4.78, 5) is 4.07. The van der Waals surface area contributed by atoms with E-state index in [4.69, 9.17) is 5.73 Å². The van der Waals surface area contributed by atoms with Crippen molar-refractivity contribution in [3.05, 3.63) is 26.6 Å². The fourth-order valence-corrected chi connectivity index (χ4v) is 1.52. The number of aromatic nitrogens is 1. The van der Waals surface area contributed by atoms with Crippen molar-refractivity contribution >= 4 is 22.6 Å². The van der Waals surface area contributed by atoms with Crippen LogP contribution in [0.3, 0.4) is 0 Å². The lowest BCUT2D eigenvalue weighted by atomic mass is 10.2. The van der Waals surface area contributed by atoms with Gasteiger partial charge in [0.2, 0.25) is 0 Å². The second-order valence-electron chi connectivity index (χ2n) is 2.61. The number of alkyl halides is 2. The molecule has 0 aliphatic rings. The number of nitrogens with zero attached hydrogens (tertiary/aromatic N) is 1. The lowest BCUT2D eigenvalue weighted by Crippen LogP contribution is -2.05. The first-order valence-electron chi connectivity index (χ1n) is 3.70. The van der Waals surface area contributed by atoms with Crippen LogP contribution in [0.4, 0.5) is 8.78 Å². The van der Waals surface area contributed by atoms with Crippen LogP contribution in [0.25, 0.3) is 0 Å². The molecule has 1 heterocycles. The van der Waals surface area contributed by atoms with E-state index in [0.29, 0.717) is 15.0 Å². The average Bonchev–Trinajstić information content (AvgIpc) is 2.09. The molecule has 0 unspecified atom stereocenters. The van der Waals surface area contributed by atoms with E-state index in [2.05, 4.69) is 4.98 Å². The third kappa shape index (κ3) is 2.34. The predicted octanol–water partition coefficient (Wildman–Crippen LogP) is 2.39. The first-order chi connectivity index (χ1) is 6.06. The van der Waals surface area contributed by atoms with Crippen LogP contribution in [0.2, 0.25) is 0 Å². The van der Waals surface area contributed by atoms with Crippen molar-refractivity contribution in [2.45, 2.75) is 19.9 Å². The van der Waals surface area contributed by atoms with Crippen LogP contribution in [-0.2, 0) is 6.54 Å². The van der Waals surface area contributed by atoms with Crippen molar-refractivity contribution in [1.82, 2.24) is 4.98 Å². The Morgan fingerprint density at radius 3 is 2.69 bits per heavy atom. The molecule has 0 atom stereocenters. The Kier molecular flexibility index (Phi) is 3.55. The molecular formula is C8H9F2IN2. The Morgan fingerprint density at radius 1 is 1.62 bits per heavy atom. The van der Waals surface area contributed by atoms with Gasteiger partial charge in [-0.15, -0.1) is 0 Å². The first kappa shape index (κ1) is 10.8. The van der Waals surface area contributed by atoms with E-state index in [1.54, 1.807) is 6.92 Å².